The number of hydrogen-bond acceptors (Lipinski definition) is 3. The van der Waals surface area contributed by atoms with Gasteiger partial charge in [0.15, 0.2) is 5.13 Å². The molecule has 90 valence electrons. The molecule has 0 aliphatic heterocycles. The molecule has 0 bridgehead atoms. The zero-order valence-electron chi connectivity index (χ0n) is 9.58. The molecule has 1 fully saturated rings. The molecule has 1 heterocycles. The van der Waals surface area contributed by atoms with Crippen LogP contribution in [0.15, 0.2) is 18.2 Å². The van der Waals surface area contributed by atoms with Gasteiger partial charge in [-0.25, -0.2) is 9.37 Å². The van der Waals surface area contributed by atoms with E-state index in [4.69, 9.17) is 0 Å². The third-order valence-corrected chi connectivity index (χ3v) is 4.23. The summed E-state index contributed by atoms with van der Waals surface area (Å²) < 4.78 is 14.0. The van der Waals surface area contributed by atoms with Crippen molar-refractivity contribution in [3.8, 4) is 0 Å². The number of fused-ring (bicyclic) bond motifs is 1. The van der Waals surface area contributed by atoms with Crippen molar-refractivity contribution in [3.05, 3.63) is 24.0 Å². The summed E-state index contributed by atoms with van der Waals surface area (Å²) in [5.74, 6) is -0.189. The smallest absolute Gasteiger partial charge is 0.184 e. The third-order valence-electron chi connectivity index (χ3n) is 3.28. The topological polar surface area (TPSA) is 24.9 Å². The lowest BCUT2D eigenvalue weighted by molar-refractivity contribution is 0.462. The summed E-state index contributed by atoms with van der Waals surface area (Å²) in [6, 6.07) is 5.31. The second kappa shape index (κ2) is 4.61. The first-order chi connectivity index (χ1) is 8.31. The SMILES string of the molecule is Fc1ccc2nc(NC3CCCCC3)sc2c1. The molecule has 1 N–H and O–H groups in total. The number of anilines is 1. The Labute approximate surface area is 104 Å². The Hall–Kier alpha value is -1.16. The van der Waals surface area contributed by atoms with Gasteiger partial charge < -0.3 is 5.32 Å². The van der Waals surface area contributed by atoms with E-state index in [1.165, 1.54) is 38.2 Å². The van der Waals surface area contributed by atoms with Crippen LogP contribution in [0.5, 0.6) is 0 Å². The third kappa shape index (κ3) is 2.41. The summed E-state index contributed by atoms with van der Waals surface area (Å²) in [6.07, 6.45) is 6.41. The number of nitrogens with one attached hydrogen (secondary N) is 1. The van der Waals surface area contributed by atoms with Gasteiger partial charge in [0.2, 0.25) is 0 Å². The highest BCUT2D eigenvalue weighted by atomic mass is 32.1. The fourth-order valence-electron chi connectivity index (χ4n) is 2.38. The molecule has 1 aliphatic rings. The number of aromatic nitrogens is 1. The Morgan fingerprint density at radius 2 is 2.06 bits per heavy atom. The predicted octanol–water partition coefficient (Wildman–Crippen LogP) is 4.18. The maximum Gasteiger partial charge on any atom is 0.184 e. The zero-order chi connectivity index (χ0) is 11.7. The highest BCUT2D eigenvalue weighted by Gasteiger charge is 2.14. The van der Waals surface area contributed by atoms with Gasteiger partial charge in [0.1, 0.15) is 5.82 Å². The lowest BCUT2D eigenvalue weighted by Crippen LogP contribution is -2.21. The van der Waals surface area contributed by atoms with Crippen molar-refractivity contribution in [1.29, 1.82) is 0 Å². The Kier molecular flexibility index (Phi) is 2.97. The molecule has 1 aromatic heterocycles. The summed E-state index contributed by atoms with van der Waals surface area (Å²) in [4.78, 5) is 4.49. The fraction of sp³-hybridized carbons (Fsp3) is 0.462. The van der Waals surface area contributed by atoms with E-state index in [-0.39, 0.29) is 5.82 Å². The first kappa shape index (κ1) is 11.0. The van der Waals surface area contributed by atoms with Gasteiger partial charge in [-0.2, -0.15) is 0 Å². The quantitative estimate of drug-likeness (QED) is 0.864. The van der Waals surface area contributed by atoms with E-state index in [0.29, 0.717) is 6.04 Å². The van der Waals surface area contributed by atoms with Crippen molar-refractivity contribution >= 4 is 26.7 Å². The maximum atomic E-state index is 13.1. The van der Waals surface area contributed by atoms with Gasteiger partial charge in [-0.1, -0.05) is 30.6 Å². The lowest BCUT2D eigenvalue weighted by atomic mass is 9.96. The van der Waals surface area contributed by atoms with Crippen LogP contribution in [-0.2, 0) is 0 Å². The molecule has 3 rings (SSSR count). The monoisotopic (exact) mass is 250 g/mol. The molecule has 1 saturated carbocycles. The molecule has 0 saturated heterocycles. The van der Waals surface area contributed by atoms with E-state index < -0.39 is 0 Å². The Bertz CT molecular complexity index is 517. The summed E-state index contributed by atoms with van der Waals surface area (Å²) in [5.41, 5.74) is 0.884. The van der Waals surface area contributed by atoms with Crippen LogP contribution in [-0.4, -0.2) is 11.0 Å². The van der Waals surface area contributed by atoms with Gasteiger partial charge in [0.25, 0.3) is 0 Å². The fourth-order valence-corrected chi connectivity index (χ4v) is 3.35. The van der Waals surface area contributed by atoms with Crippen LogP contribution in [0.3, 0.4) is 0 Å². The lowest BCUT2D eigenvalue weighted by Gasteiger charge is -2.22. The number of nitrogens with zero attached hydrogens (tertiary/aromatic N) is 1. The average molecular weight is 250 g/mol. The molecule has 0 radical (unpaired) electrons. The van der Waals surface area contributed by atoms with E-state index in [1.807, 2.05) is 0 Å². The molecule has 0 amide bonds. The first-order valence-corrected chi connectivity index (χ1v) is 6.95. The van der Waals surface area contributed by atoms with Gasteiger partial charge in [-0.3, -0.25) is 0 Å². The van der Waals surface area contributed by atoms with Gasteiger partial charge >= 0.3 is 0 Å². The van der Waals surface area contributed by atoms with Crippen LogP contribution in [0.4, 0.5) is 9.52 Å². The predicted molar refractivity (Wildman–Crippen MR) is 70.1 cm³/mol. The first-order valence-electron chi connectivity index (χ1n) is 6.14. The van der Waals surface area contributed by atoms with E-state index in [2.05, 4.69) is 10.3 Å². The molecule has 1 aliphatic carbocycles. The summed E-state index contributed by atoms with van der Waals surface area (Å²) in [6.45, 7) is 0. The minimum absolute atomic E-state index is 0.189. The molecule has 0 unspecified atom stereocenters. The van der Waals surface area contributed by atoms with Crippen LogP contribution in [0.25, 0.3) is 10.2 Å². The van der Waals surface area contributed by atoms with Crippen LogP contribution in [0.1, 0.15) is 32.1 Å². The van der Waals surface area contributed by atoms with Crippen molar-refractivity contribution in [3.63, 3.8) is 0 Å². The highest BCUT2D eigenvalue weighted by molar-refractivity contribution is 7.22. The molecule has 2 nitrogen and oxygen atoms in total. The molecule has 0 spiro atoms. The van der Waals surface area contributed by atoms with Crippen LogP contribution in [0.2, 0.25) is 0 Å². The van der Waals surface area contributed by atoms with Gasteiger partial charge in [-0.15, -0.1) is 0 Å². The normalized spacial score (nSPS) is 17.5. The Morgan fingerprint density at radius 3 is 2.88 bits per heavy atom. The van der Waals surface area contributed by atoms with Crippen molar-refractivity contribution < 1.29 is 4.39 Å². The maximum absolute atomic E-state index is 13.1. The van der Waals surface area contributed by atoms with Crippen molar-refractivity contribution in [1.82, 2.24) is 4.98 Å². The van der Waals surface area contributed by atoms with E-state index in [0.717, 1.165) is 15.3 Å². The average Bonchev–Trinajstić information content (AvgIpc) is 2.71. The van der Waals surface area contributed by atoms with E-state index in [1.54, 1.807) is 23.5 Å². The Balaban J connectivity index is 1.80. The van der Waals surface area contributed by atoms with Gasteiger partial charge in [-0.05, 0) is 31.0 Å². The van der Waals surface area contributed by atoms with Crippen LogP contribution >= 0.6 is 11.3 Å². The van der Waals surface area contributed by atoms with Crippen LogP contribution < -0.4 is 5.32 Å². The minimum atomic E-state index is -0.189. The summed E-state index contributed by atoms with van der Waals surface area (Å²) in [7, 11) is 0. The number of thiazole rings is 1. The molecule has 17 heavy (non-hydrogen) atoms. The molecular weight excluding hydrogens is 235 g/mol. The zero-order valence-corrected chi connectivity index (χ0v) is 10.4. The number of rotatable bonds is 2. The number of hydrogen-bond donors (Lipinski definition) is 1. The second-order valence-electron chi connectivity index (χ2n) is 4.61. The number of benzene rings is 1. The van der Waals surface area contributed by atoms with Gasteiger partial charge in [0.05, 0.1) is 10.2 Å². The molecule has 1 aromatic carbocycles. The Morgan fingerprint density at radius 1 is 1.24 bits per heavy atom. The van der Waals surface area contributed by atoms with Crippen LogP contribution in [0, 0.1) is 5.82 Å². The molecule has 2 aromatic rings. The standard InChI is InChI=1S/C13H15FN2S/c14-9-6-7-11-12(8-9)17-13(16-11)15-10-4-2-1-3-5-10/h6-8,10H,1-5H2,(H,15,16). The minimum Gasteiger partial charge on any atom is -0.359 e. The van der Waals surface area contributed by atoms with Crippen molar-refractivity contribution in [2.24, 2.45) is 0 Å². The summed E-state index contributed by atoms with van der Waals surface area (Å²) in [5, 5.41) is 4.40. The largest absolute Gasteiger partial charge is 0.359 e. The second-order valence-corrected chi connectivity index (χ2v) is 5.64. The highest BCUT2D eigenvalue weighted by Crippen LogP contribution is 2.29. The van der Waals surface area contributed by atoms with Crippen molar-refractivity contribution in [2.75, 3.05) is 5.32 Å². The molecule has 4 heteroatoms. The number of halogens is 1. The summed E-state index contributed by atoms with van der Waals surface area (Å²) >= 11 is 1.54. The molecule has 0 atom stereocenters. The molecular formula is C13H15FN2S. The van der Waals surface area contributed by atoms with Crippen molar-refractivity contribution in [2.45, 2.75) is 38.1 Å². The van der Waals surface area contributed by atoms with Gasteiger partial charge in [0, 0.05) is 6.04 Å². The van der Waals surface area contributed by atoms with E-state index in [9.17, 15) is 4.39 Å². The van der Waals surface area contributed by atoms with E-state index >= 15 is 0 Å².